The maximum atomic E-state index is 13.1. The van der Waals surface area contributed by atoms with Crippen LogP contribution >= 0.6 is 0 Å². The first kappa shape index (κ1) is 13.0. The number of carbonyl (C=O) groups excluding carboxylic acids is 1. The van der Waals surface area contributed by atoms with Crippen LogP contribution in [0.2, 0.25) is 0 Å². The minimum Gasteiger partial charge on any atom is -0.465 e. The molecule has 1 aromatic carbocycles. The van der Waals surface area contributed by atoms with E-state index < -0.39 is 17.3 Å². The van der Waals surface area contributed by atoms with Gasteiger partial charge in [0.2, 0.25) is 5.92 Å². The third-order valence-electron chi connectivity index (χ3n) is 3.48. The summed E-state index contributed by atoms with van der Waals surface area (Å²) in [7, 11) is 1.28. The van der Waals surface area contributed by atoms with Gasteiger partial charge in [-0.15, -0.1) is 0 Å². The molecular formula is C13H15F2NO2. The van der Waals surface area contributed by atoms with Crippen molar-refractivity contribution < 1.29 is 18.3 Å². The molecule has 5 heteroatoms. The van der Waals surface area contributed by atoms with Crippen LogP contribution < -0.4 is 5.73 Å². The normalized spacial score (nSPS) is 20.0. The van der Waals surface area contributed by atoms with E-state index in [9.17, 15) is 13.6 Å². The van der Waals surface area contributed by atoms with Gasteiger partial charge in [0.25, 0.3) is 0 Å². The molecule has 1 saturated carbocycles. The molecule has 1 aliphatic carbocycles. The lowest BCUT2D eigenvalue weighted by molar-refractivity contribution is -0.123. The van der Waals surface area contributed by atoms with E-state index in [0.717, 1.165) is 0 Å². The second kappa shape index (κ2) is 4.31. The molecule has 18 heavy (non-hydrogen) atoms. The van der Waals surface area contributed by atoms with Crippen molar-refractivity contribution in [2.45, 2.75) is 24.2 Å². The number of benzene rings is 1. The molecule has 0 atom stereocenters. The molecule has 0 radical (unpaired) electrons. The number of ether oxygens (including phenoxy) is 1. The highest BCUT2D eigenvalue weighted by Gasteiger charge is 2.56. The molecule has 2 rings (SSSR count). The number of alkyl halides is 2. The second-order valence-electron chi connectivity index (χ2n) is 4.77. The van der Waals surface area contributed by atoms with Gasteiger partial charge in [-0.1, -0.05) is 12.1 Å². The molecule has 1 fully saturated rings. The largest absolute Gasteiger partial charge is 0.465 e. The van der Waals surface area contributed by atoms with Gasteiger partial charge >= 0.3 is 5.97 Å². The molecule has 0 aromatic heterocycles. The van der Waals surface area contributed by atoms with Gasteiger partial charge in [0, 0.05) is 24.8 Å². The van der Waals surface area contributed by atoms with Gasteiger partial charge in [-0.05, 0) is 17.7 Å². The van der Waals surface area contributed by atoms with Crippen LogP contribution in [0.3, 0.4) is 0 Å². The molecule has 0 unspecified atom stereocenters. The van der Waals surface area contributed by atoms with Crippen molar-refractivity contribution in [2.24, 2.45) is 5.73 Å². The highest BCUT2D eigenvalue weighted by Crippen LogP contribution is 2.52. The Morgan fingerprint density at radius 1 is 1.44 bits per heavy atom. The molecule has 1 aromatic rings. The number of rotatable bonds is 3. The zero-order valence-electron chi connectivity index (χ0n) is 10.1. The predicted molar refractivity (Wildman–Crippen MR) is 62.7 cm³/mol. The van der Waals surface area contributed by atoms with Crippen LogP contribution in [-0.2, 0) is 10.2 Å². The van der Waals surface area contributed by atoms with Gasteiger partial charge in [0.15, 0.2) is 0 Å². The summed E-state index contributed by atoms with van der Waals surface area (Å²) in [6, 6.07) is 6.58. The lowest BCUT2D eigenvalue weighted by Gasteiger charge is -2.47. The van der Waals surface area contributed by atoms with Crippen molar-refractivity contribution in [3.8, 4) is 0 Å². The van der Waals surface area contributed by atoms with Gasteiger partial charge < -0.3 is 10.5 Å². The number of hydrogen-bond acceptors (Lipinski definition) is 3. The number of esters is 1. The fourth-order valence-corrected chi connectivity index (χ4v) is 2.50. The van der Waals surface area contributed by atoms with Crippen LogP contribution in [0.1, 0.15) is 28.8 Å². The van der Waals surface area contributed by atoms with E-state index in [1.54, 1.807) is 24.3 Å². The van der Waals surface area contributed by atoms with E-state index >= 15 is 0 Å². The predicted octanol–water partition coefficient (Wildman–Crippen LogP) is 2.10. The Morgan fingerprint density at radius 3 is 2.61 bits per heavy atom. The average molecular weight is 255 g/mol. The number of nitrogens with two attached hydrogens (primary N) is 1. The average Bonchev–Trinajstić information content (AvgIpc) is 2.34. The Balaban J connectivity index is 2.31. The molecular weight excluding hydrogens is 240 g/mol. The Morgan fingerprint density at radius 2 is 2.11 bits per heavy atom. The molecule has 3 nitrogen and oxygen atoms in total. The molecule has 0 saturated heterocycles. The van der Waals surface area contributed by atoms with Crippen molar-refractivity contribution in [1.29, 1.82) is 0 Å². The first-order chi connectivity index (χ1) is 8.42. The summed E-state index contributed by atoms with van der Waals surface area (Å²) >= 11 is 0. The minimum atomic E-state index is -2.65. The van der Waals surface area contributed by atoms with Crippen molar-refractivity contribution in [1.82, 2.24) is 0 Å². The highest BCUT2D eigenvalue weighted by molar-refractivity contribution is 5.89. The summed E-state index contributed by atoms with van der Waals surface area (Å²) < 4.78 is 30.8. The van der Waals surface area contributed by atoms with Gasteiger partial charge in [-0.25, -0.2) is 13.6 Å². The van der Waals surface area contributed by atoms with E-state index in [2.05, 4.69) is 4.74 Å². The maximum Gasteiger partial charge on any atom is 0.337 e. The number of carbonyl (C=O) groups is 1. The quantitative estimate of drug-likeness (QED) is 0.841. The number of hydrogen-bond donors (Lipinski definition) is 1. The third-order valence-corrected chi connectivity index (χ3v) is 3.48. The molecule has 1 aliphatic rings. The van der Waals surface area contributed by atoms with Gasteiger partial charge in [-0.3, -0.25) is 0 Å². The minimum absolute atomic E-state index is 0.146. The summed E-state index contributed by atoms with van der Waals surface area (Å²) in [6.07, 6.45) is -0.526. The van der Waals surface area contributed by atoms with Crippen LogP contribution in [-0.4, -0.2) is 25.5 Å². The van der Waals surface area contributed by atoms with Crippen LogP contribution in [0.5, 0.6) is 0 Å². The van der Waals surface area contributed by atoms with E-state index in [0.29, 0.717) is 11.1 Å². The van der Waals surface area contributed by atoms with E-state index in [-0.39, 0.29) is 19.4 Å². The van der Waals surface area contributed by atoms with Crippen molar-refractivity contribution >= 4 is 5.97 Å². The Labute approximate surface area is 104 Å². The second-order valence-corrected chi connectivity index (χ2v) is 4.77. The molecule has 0 spiro atoms. The fraction of sp³-hybridized carbons (Fsp3) is 0.462. The molecule has 2 N–H and O–H groups in total. The van der Waals surface area contributed by atoms with E-state index in [1.807, 2.05) is 0 Å². The van der Waals surface area contributed by atoms with Gasteiger partial charge in [0.05, 0.1) is 12.7 Å². The maximum absolute atomic E-state index is 13.1. The molecule has 0 bridgehead atoms. The summed E-state index contributed by atoms with van der Waals surface area (Å²) in [5, 5.41) is 0. The molecule has 0 aliphatic heterocycles. The zero-order chi connectivity index (χ0) is 13.4. The van der Waals surface area contributed by atoms with Crippen LogP contribution in [0.25, 0.3) is 0 Å². The number of halogens is 2. The Kier molecular flexibility index (Phi) is 3.11. The smallest absolute Gasteiger partial charge is 0.337 e. The first-order valence-electron chi connectivity index (χ1n) is 5.69. The van der Waals surface area contributed by atoms with Crippen molar-refractivity contribution in [3.05, 3.63) is 35.4 Å². The fourth-order valence-electron chi connectivity index (χ4n) is 2.50. The van der Waals surface area contributed by atoms with Gasteiger partial charge in [-0.2, -0.15) is 0 Å². The highest BCUT2D eigenvalue weighted by atomic mass is 19.3. The van der Waals surface area contributed by atoms with E-state index in [4.69, 9.17) is 5.73 Å². The standard InChI is InChI=1S/C13H15F2NO2/c1-18-11(17)9-3-2-4-10(5-9)12(8-16)6-13(14,15)7-12/h2-5H,6-8,16H2,1H3. The van der Waals surface area contributed by atoms with Gasteiger partial charge in [0.1, 0.15) is 0 Å². The first-order valence-corrected chi connectivity index (χ1v) is 5.69. The Bertz CT molecular complexity index is 466. The third kappa shape index (κ3) is 2.10. The topological polar surface area (TPSA) is 52.3 Å². The molecule has 0 heterocycles. The summed E-state index contributed by atoms with van der Waals surface area (Å²) in [4.78, 5) is 11.4. The monoisotopic (exact) mass is 255 g/mol. The zero-order valence-corrected chi connectivity index (χ0v) is 10.1. The SMILES string of the molecule is COC(=O)c1cccc(C2(CN)CC(F)(F)C2)c1. The van der Waals surface area contributed by atoms with Crippen LogP contribution in [0.15, 0.2) is 24.3 Å². The van der Waals surface area contributed by atoms with Crippen molar-refractivity contribution in [2.75, 3.05) is 13.7 Å². The Hall–Kier alpha value is -1.49. The number of methoxy groups -OCH3 is 1. The van der Waals surface area contributed by atoms with Crippen molar-refractivity contribution in [3.63, 3.8) is 0 Å². The van der Waals surface area contributed by atoms with Crippen LogP contribution in [0.4, 0.5) is 8.78 Å². The lowest BCUT2D eigenvalue weighted by Crippen LogP contribution is -2.53. The molecule has 0 amide bonds. The summed E-state index contributed by atoms with van der Waals surface area (Å²) in [6.45, 7) is 0.146. The summed E-state index contributed by atoms with van der Waals surface area (Å²) in [5.41, 5.74) is 5.96. The lowest BCUT2D eigenvalue weighted by atomic mass is 9.62. The summed E-state index contributed by atoms with van der Waals surface area (Å²) in [5.74, 6) is -3.13. The van der Waals surface area contributed by atoms with E-state index in [1.165, 1.54) is 7.11 Å². The molecule has 98 valence electrons. The van der Waals surface area contributed by atoms with Crippen LogP contribution in [0, 0.1) is 0 Å².